The lowest BCUT2D eigenvalue weighted by molar-refractivity contribution is -0.137. The van der Waals surface area contributed by atoms with Crippen LogP contribution in [0, 0.1) is 6.92 Å². The van der Waals surface area contributed by atoms with Gasteiger partial charge in [0.05, 0.1) is 22.7 Å². The average Bonchev–Trinajstić information content (AvgIpc) is 3.21. The third-order valence-electron chi connectivity index (χ3n) is 4.00. The summed E-state index contributed by atoms with van der Waals surface area (Å²) in [6, 6.07) is 12.2. The summed E-state index contributed by atoms with van der Waals surface area (Å²) in [5.41, 5.74) is 0.898. The summed E-state index contributed by atoms with van der Waals surface area (Å²) in [4.78, 5) is 17.3. The molecule has 0 bridgehead atoms. The van der Waals surface area contributed by atoms with Gasteiger partial charge in [-0.3, -0.25) is 4.98 Å². The lowest BCUT2D eigenvalue weighted by atomic mass is 10.1. The smallest absolute Gasteiger partial charge is 0.338 e. The number of nitrogens with zero attached hydrogens (tertiary/aromatic N) is 5. The number of hydrogen-bond acceptors (Lipinski definition) is 7. The number of halogens is 3. The summed E-state index contributed by atoms with van der Waals surface area (Å²) >= 11 is 1.36. The van der Waals surface area contributed by atoms with Crippen LogP contribution in [0.1, 0.15) is 17.3 Å². The summed E-state index contributed by atoms with van der Waals surface area (Å²) < 4.78 is 43.9. The molecule has 0 spiro atoms. The van der Waals surface area contributed by atoms with Crippen molar-refractivity contribution in [3.63, 3.8) is 0 Å². The van der Waals surface area contributed by atoms with E-state index in [0.29, 0.717) is 22.3 Å². The maximum Gasteiger partial charge on any atom is 0.416 e. The van der Waals surface area contributed by atoms with E-state index in [9.17, 15) is 13.2 Å². The molecular formula is C20H14F3N5OS. The van der Waals surface area contributed by atoms with Crippen molar-refractivity contribution in [2.24, 2.45) is 0 Å². The number of alkyl halides is 3. The van der Waals surface area contributed by atoms with Gasteiger partial charge in [0.2, 0.25) is 11.7 Å². The minimum Gasteiger partial charge on any atom is -0.338 e. The van der Waals surface area contributed by atoms with Gasteiger partial charge in [0.1, 0.15) is 10.9 Å². The van der Waals surface area contributed by atoms with Gasteiger partial charge in [-0.25, -0.2) is 9.97 Å². The van der Waals surface area contributed by atoms with Crippen molar-refractivity contribution >= 4 is 11.8 Å². The molecule has 0 aliphatic rings. The lowest BCUT2D eigenvalue weighted by Crippen LogP contribution is -2.04. The zero-order valence-electron chi connectivity index (χ0n) is 15.6. The van der Waals surface area contributed by atoms with Crippen LogP contribution >= 0.6 is 11.8 Å². The molecule has 0 aliphatic carbocycles. The highest BCUT2D eigenvalue weighted by molar-refractivity contribution is 7.98. The van der Waals surface area contributed by atoms with Crippen molar-refractivity contribution in [3.05, 3.63) is 72.0 Å². The van der Waals surface area contributed by atoms with Crippen LogP contribution in [-0.4, -0.2) is 25.1 Å². The van der Waals surface area contributed by atoms with E-state index in [2.05, 4.69) is 25.1 Å². The molecule has 4 aromatic rings. The van der Waals surface area contributed by atoms with Gasteiger partial charge in [0.15, 0.2) is 0 Å². The Labute approximate surface area is 173 Å². The van der Waals surface area contributed by atoms with Gasteiger partial charge < -0.3 is 4.52 Å². The maximum atomic E-state index is 12.9. The molecule has 6 nitrogen and oxygen atoms in total. The summed E-state index contributed by atoms with van der Waals surface area (Å²) in [6.07, 6.45) is -2.75. The van der Waals surface area contributed by atoms with Gasteiger partial charge in [0.25, 0.3) is 0 Å². The van der Waals surface area contributed by atoms with E-state index in [-0.39, 0.29) is 17.3 Å². The molecule has 0 fully saturated rings. The number of thioether (sulfide) groups is 1. The van der Waals surface area contributed by atoms with E-state index < -0.39 is 11.7 Å². The normalized spacial score (nSPS) is 11.6. The predicted molar refractivity (Wildman–Crippen MR) is 104 cm³/mol. The number of aryl methyl sites for hydroxylation is 1. The molecular weight excluding hydrogens is 415 g/mol. The van der Waals surface area contributed by atoms with Gasteiger partial charge >= 0.3 is 6.18 Å². The molecule has 0 N–H and O–H groups in total. The SMILES string of the molecule is Cc1nc(SCc2nc(-c3cccc(C(F)(F)F)c3)no2)cc(-c2ccccn2)n1. The molecule has 0 radical (unpaired) electrons. The van der Waals surface area contributed by atoms with E-state index in [0.717, 1.165) is 17.8 Å². The molecule has 0 saturated carbocycles. The van der Waals surface area contributed by atoms with Crippen LogP contribution in [0.5, 0.6) is 0 Å². The van der Waals surface area contributed by atoms with Crippen molar-refractivity contribution in [1.29, 1.82) is 0 Å². The molecule has 0 atom stereocenters. The molecule has 3 heterocycles. The molecule has 0 unspecified atom stereocenters. The first-order valence-electron chi connectivity index (χ1n) is 8.78. The Hall–Kier alpha value is -3.27. The number of benzene rings is 1. The van der Waals surface area contributed by atoms with E-state index in [1.165, 1.54) is 23.9 Å². The number of aromatic nitrogens is 5. The van der Waals surface area contributed by atoms with Crippen molar-refractivity contribution in [2.75, 3.05) is 0 Å². The Morgan fingerprint density at radius 3 is 2.60 bits per heavy atom. The maximum absolute atomic E-state index is 12.9. The summed E-state index contributed by atoms with van der Waals surface area (Å²) in [5, 5.41) is 4.49. The number of hydrogen-bond donors (Lipinski definition) is 0. The van der Waals surface area contributed by atoms with E-state index in [1.807, 2.05) is 24.3 Å². The second-order valence-electron chi connectivity index (χ2n) is 6.23. The lowest BCUT2D eigenvalue weighted by Gasteiger charge is -2.06. The standard InChI is InChI=1S/C20H14F3N5OS/c1-12-25-16(15-7-2-3-8-24-15)10-18(26-12)30-11-17-27-19(28-29-17)13-5-4-6-14(9-13)20(21,22)23/h2-10H,11H2,1H3. The molecule has 3 aromatic heterocycles. The summed E-state index contributed by atoms with van der Waals surface area (Å²) in [6.45, 7) is 1.79. The first-order valence-corrected chi connectivity index (χ1v) is 9.77. The molecule has 10 heteroatoms. The molecule has 0 amide bonds. The van der Waals surface area contributed by atoms with E-state index >= 15 is 0 Å². The van der Waals surface area contributed by atoms with Crippen molar-refractivity contribution < 1.29 is 17.7 Å². The summed E-state index contributed by atoms with van der Waals surface area (Å²) in [7, 11) is 0. The van der Waals surface area contributed by atoms with Crippen LogP contribution < -0.4 is 0 Å². The van der Waals surface area contributed by atoms with Gasteiger partial charge in [-0.05, 0) is 37.3 Å². The molecule has 0 aliphatic heterocycles. The average molecular weight is 429 g/mol. The Kier molecular flexibility index (Phi) is 5.49. The minimum atomic E-state index is -4.44. The third-order valence-corrected chi connectivity index (χ3v) is 4.90. The van der Waals surface area contributed by atoms with Crippen LogP contribution in [0.3, 0.4) is 0 Å². The van der Waals surface area contributed by atoms with Crippen molar-refractivity contribution in [3.8, 4) is 22.8 Å². The van der Waals surface area contributed by atoms with Crippen LogP contribution in [0.4, 0.5) is 13.2 Å². The van der Waals surface area contributed by atoms with Gasteiger partial charge in [-0.15, -0.1) is 0 Å². The zero-order valence-corrected chi connectivity index (χ0v) is 16.4. The molecule has 30 heavy (non-hydrogen) atoms. The van der Waals surface area contributed by atoms with Crippen LogP contribution in [0.25, 0.3) is 22.8 Å². The highest BCUT2D eigenvalue weighted by Gasteiger charge is 2.30. The molecule has 152 valence electrons. The Morgan fingerprint density at radius 2 is 1.83 bits per heavy atom. The first kappa shape index (κ1) is 20.0. The van der Waals surface area contributed by atoms with Gasteiger partial charge in [-0.2, -0.15) is 18.2 Å². The Balaban J connectivity index is 1.50. The Bertz CT molecular complexity index is 1160. The minimum absolute atomic E-state index is 0.102. The van der Waals surface area contributed by atoms with Crippen molar-refractivity contribution in [1.82, 2.24) is 25.1 Å². The van der Waals surface area contributed by atoms with Crippen LogP contribution in [0.2, 0.25) is 0 Å². The fourth-order valence-corrected chi connectivity index (χ4v) is 3.44. The largest absolute Gasteiger partial charge is 0.416 e. The second-order valence-corrected chi connectivity index (χ2v) is 7.23. The zero-order chi connectivity index (χ0) is 21.1. The first-order chi connectivity index (χ1) is 14.4. The monoisotopic (exact) mass is 429 g/mol. The molecule has 4 rings (SSSR count). The highest BCUT2D eigenvalue weighted by Crippen LogP contribution is 2.32. The Morgan fingerprint density at radius 1 is 0.967 bits per heavy atom. The van der Waals surface area contributed by atoms with E-state index in [1.54, 1.807) is 13.1 Å². The fourth-order valence-electron chi connectivity index (χ4n) is 2.66. The van der Waals surface area contributed by atoms with Gasteiger partial charge in [-0.1, -0.05) is 35.1 Å². The topological polar surface area (TPSA) is 77.6 Å². The number of rotatable bonds is 5. The second kappa shape index (κ2) is 8.23. The van der Waals surface area contributed by atoms with E-state index in [4.69, 9.17) is 4.52 Å². The number of pyridine rings is 1. The highest BCUT2D eigenvalue weighted by atomic mass is 32.2. The summed E-state index contributed by atoms with van der Waals surface area (Å²) in [5.74, 6) is 1.29. The fraction of sp³-hybridized carbons (Fsp3) is 0.150. The van der Waals surface area contributed by atoms with Crippen LogP contribution in [0.15, 0.2) is 64.3 Å². The molecule has 0 saturated heterocycles. The predicted octanol–water partition coefficient (Wildman–Crippen LogP) is 5.21. The quantitative estimate of drug-likeness (QED) is 0.318. The van der Waals surface area contributed by atoms with Crippen molar-refractivity contribution in [2.45, 2.75) is 23.9 Å². The van der Waals surface area contributed by atoms with Crippen LogP contribution in [-0.2, 0) is 11.9 Å². The molecule has 1 aromatic carbocycles. The van der Waals surface area contributed by atoms with Gasteiger partial charge in [0, 0.05) is 11.8 Å². The third kappa shape index (κ3) is 4.65.